The number of amides is 1. The molecule has 6 nitrogen and oxygen atoms in total. The lowest BCUT2D eigenvalue weighted by atomic mass is 9.96. The third-order valence-electron chi connectivity index (χ3n) is 5.64. The molecule has 2 N–H and O–H groups in total. The highest BCUT2D eigenvalue weighted by Crippen LogP contribution is 2.33. The van der Waals surface area contributed by atoms with Crippen molar-refractivity contribution in [3.8, 4) is 0 Å². The highest BCUT2D eigenvalue weighted by atomic mass is 35.5. The standard InChI is InChI=1S/C21H25ClFN3O3S/c1-26(2)21(11-3-4-12-21)14-24-20(27)15-5-10-18(22)19(13-15)30(28,29)25-17-8-6-16(23)7-9-17/h5-10,13,25H,3-4,11-12,14H2,1-2H3,(H,24,27). The summed E-state index contributed by atoms with van der Waals surface area (Å²) in [6, 6.07) is 9.03. The molecule has 0 heterocycles. The van der Waals surface area contributed by atoms with Gasteiger partial charge in [0.1, 0.15) is 10.7 Å². The van der Waals surface area contributed by atoms with Gasteiger partial charge in [-0.2, -0.15) is 0 Å². The smallest absolute Gasteiger partial charge is 0.263 e. The van der Waals surface area contributed by atoms with Gasteiger partial charge in [0, 0.05) is 23.3 Å². The van der Waals surface area contributed by atoms with Crippen molar-refractivity contribution in [3.63, 3.8) is 0 Å². The molecule has 1 aliphatic rings. The number of halogens is 2. The minimum atomic E-state index is -4.06. The molecule has 1 saturated carbocycles. The molecule has 1 fully saturated rings. The first kappa shape index (κ1) is 22.5. The molecular weight excluding hydrogens is 429 g/mol. The maximum absolute atomic E-state index is 13.1. The number of carbonyl (C=O) groups excluding carboxylic acids is 1. The maximum atomic E-state index is 13.1. The largest absolute Gasteiger partial charge is 0.350 e. The summed E-state index contributed by atoms with van der Waals surface area (Å²) in [5, 5.41) is 2.92. The molecule has 0 spiro atoms. The van der Waals surface area contributed by atoms with Crippen LogP contribution in [0.1, 0.15) is 36.0 Å². The van der Waals surface area contributed by atoms with E-state index in [1.807, 2.05) is 14.1 Å². The molecule has 30 heavy (non-hydrogen) atoms. The average Bonchev–Trinajstić information content (AvgIpc) is 3.18. The van der Waals surface area contributed by atoms with E-state index in [-0.39, 0.29) is 32.6 Å². The second-order valence-electron chi connectivity index (χ2n) is 7.77. The third kappa shape index (κ3) is 4.94. The number of carbonyl (C=O) groups is 1. The van der Waals surface area contributed by atoms with Crippen LogP contribution in [0, 0.1) is 5.82 Å². The van der Waals surface area contributed by atoms with E-state index in [0.717, 1.165) is 37.8 Å². The van der Waals surface area contributed by atoms with E-state index in [2.05, 4.69) is 14.9 Å². The van der Waals surface area contributed by atoms with E-state index in [9.17, 15) is 17.6 Å². The van der Waals surface area contributed by atoms with Crippen LogP contribution in [-0.2, 0) is 10.0 Å². The zero-order valence-corrected chi connectivity index (χ0v) is 18.5. The Bertz CT molecular complexity index is 1020. The van der Waals surface area contributed by atoms with Crippen molar-refractivity contribution in [2.45, 2.75) is 36.1 Å². The maximum Gasteiger partial charge on any atom is 0.263 e. The summed E-state index contributed by atoms with van der Waals surface area (Å²) in [6.45, 7) is 0.484. The fraction of sp³-hybridized carbons (Fsp3) is 0.381. The van der Waals surface area contributed by atoms with Gasteiger partial charge in [-0.3, -0.25) is 9.52 Å². The number of likely N-dealkylation sites (N-methyl/N-ethyl adjacent to an activating group) is 1. The molecule has 0 aromatic heterocycles. The summed E-state index contributed by atoms with van der Waals surface area (Å²) in [5.74, 6) is -0.842. The molecule has 0 bridgehead atoms. The molecular formula is C21H25ClFN3O3S. The molecule has 0 unspecified atom stereocenters. The van der Waals surface area contributed by atoms with Crippen molar-refractivity contribution in [3.05, 3.63) is 58.9 Å². The van der Waals surface area contributed by atoms with Gasteiger partial charge in [0.25, 0.3) is 15.9 Å². The van der Waals surface area contributed by atoms with E-state index in [1.165, 1.54) is 30.3 Å². The molecule has 3 rings (SSSR count). The van der Waals surface area contributed by atoms with Gasteiger partial charge in [0.15, 0.2) is 0 Å². The molecule has 2 aromatic rings. The second-order valence-corrected chi connectivity index (χ2v) is 9.82. The van der Waals surface area contributed by atoms with E-state index in [4.69, 9.17) is 11.6 Å². The van der Waals surface area contributed by atoms with Crippen molar-refractivity contribution in [1.82, 2.24) is 10.2 Å². The number of benzene rings is 2. The first-order valence-electron chi connectivity index (χ1n) is 9.67. The number of hydrogen-bond donors (Lipinski definition) is 2. The monoisotopic (exact) mass is 453 g/mol. The van der Waals surface area contributed by atoms with Crippen molar-refractivity contribution < 1.29 is 17.6 Å². The summed E-state index contributed by atoms with van der Waals surface area (Å²) < 4.78 is 40.9. The fourth-order valence-electron chi connectivity index (χ4n) is 3.74. The molecule has 0 radical (unpaired) electrons. The predicted molar refractivity (Wildman–Crippen MR) is 116 cm³/mol. The van der Waals surface area contributed by atoms with Crippen LogP contribution in [0.4, 0.5) is 10.1 Å². The minimum absolute atomic E-state index is 0.0123. The SMILES string of the molecule is CN(C)C1(CNC(=O)c2ccc(Cl)c(S(=O)(=O)Nc3ccc(F)cc3)c2)CCCC1. The van der Waals surface area contributed by atoms with Gasteiger partial charge in [0.2, 0.25) is 0 Å². The first-order chi connectivity index (χ1) is 14.1. The fourth-order valence-corrected chi connectivity index (χ4v) is 5.33. The predicted octanol–water partition coefficient (Wildman–Crippen LogP) is 3.88. The number of anilines is 1. The molecule has 162 valence electrons. The summed E-state index contributed by atoms with van der Waals surface area (Å²) in [4.78, 5) is 14.6. The van der Waals surface area contributed by atoms with Crippen molar-refractivity contribution in [2.75, 3.05) is 25.4 Å². The molecule has 0 atom stereocenters. The Morgan fingerprint density at radius 1 is 1.13 bits per heavy atom. The van der Waals surface area contributed by atoms with E-state index >= 15 is 0 Å². The Labute approximate surface area is 181 Å². The summed E-state index contributed by atoms with van der Waals surface area (Å²) in [5.41, 5.74) is 0.309. The lowest BCUT2D eigenvalue weighted by Crippen LogP contribution is -2.50. The van der Waals surface area contributed by atoms with E-state index in [0.29, 0.717) is 6.54 Å². The topological polar surface area (TPSA) is 78.5 Å². The van der Waals surface area contributed by atoms with Crippen LogP contribution >= 0.6 is 11.6 Å². The van der Waals surface area contributed by atoms with Crippen molar-refractivity contribution >= 4 is 33.2 Å². The molecule has 9 heteroatoms. The number of nitrogens with zero attached hydrogens (tertiary/aromatic N) is 1. The molecule has 0 saturated heterocycles. The van der Waals surface area contributed by atoms with Gasteiger partial charge in [-0.25, -0.2) is 12.8 Å². The van der Waals surface area contributed by atoms with Crippen LogP contribution in [-0.4, -0.2) is 45.4 Å². The van der Waals surface area contributed by atoms with Crippen molar-refractivity contribution in [2.24, 2.45) is 0 Å². The van der Waals surface area contributed by atoms with Gasteiger partial charge < -0.3 is 10.2 Å². The molecule has 1 amide bonds. The highest BCUT2D eigenvalue weighted by molar-refractivity contribution is 7.92. The second kappa shape index (κ2) is 8.91. The minimum Gasteiger partial charge on any atom is -0.350 e. The Hall–Kier alpha value is -2.16. The first-order valence-corrected chi connectivity index (χ1v) is 11.5. The number of hydrogen-bond acceptors (Lipinski definition) is 4. The van der Waals surface area contributed by atoms with Crippen LogP contribution in [0.3, 0.4) is 0 Å². The Morgan fingerprint density at radius 2 is 1.77 bits per heavy atom. The summed E-state index contributed by atoms with van der Waals surface area (Å²) in [7, 11) is -0.0506. The number of rotatable bonds is 7. The van der Waals surface area contributed by atoms with E-state index in [1.54, 1.807) is 0 Å². The zero-order chi connectivity index (χ0) is 21.9. The average molecular weight is 454 g/mol. The third-order valence-corrected chi connectivity index (χ3v) is 7.50. The molecule has 0 aliphatic heterocycles. The van der Waals surface area contributed by atoms with Gasteiger partial charge >= 0.3 is 0 Å². The quantitative estimate of drug-likeness (QED) is 0.666. The van der Waals surface area contributed by atoms with Gasteiger partial charge in [0.05, 0.1) is 5.02 Å². The highest BCUT2D eigenvalue weighted by Gasteiger charge is 2.36. The van der Waals surface area contributed by atoms with Crippen LogP contribution in [0.15, 0.2) is 47.4 Å². The van der Waals surface area contributed by atoms with Crippen molar-refractivity contribution in [1.29, 1.82) is 0 Å². The zero-order valence-electron chi connectivity index (χ0n) is 16.9. The van der Waals surface area contributed by atoms with Crippen LogP contribution in [0.25, 0.3) is 0 Å². The lowest BCUT2D eigenvalue weighted by molar-refractivity contribution is 0.0900. The van der Waals surface area contributed by atoms with Gasteiger partial charge in [-0.05, 0) is 69.4 Å². The van der Waals surface area contributed by atoms with Crippen LogP contribution in [0.5, 0.6) is 0 Å². The lowest BCUT2D eigenvalue weighted by Gasteiger charge is -2.36. The molecule has 2 aromatic carbocycles. The Balaban J connectivity index is 1.78. The number of sulfonamides is 1. The Morgan fingerprint density at radius 3 is 2.37 bits per heavy atom. The van der Waals surface area contributed by atoms with Crippen LogP contribution in [0.2, 0.25) is 5.02 Å². The normalized spacial score (nSPS) is 15.9. The van der Waals surface area contributed by atoms with E-state index < -0.39 is 15.8 Å². The summed E-state index contributed by atoms with van der Waals surface area (Å²) >= 11 is 6.10. The molecule has 1 aliphatic carbocycles. The number of nitrogens with one attached hydrogen (secondary N) is 2. The van der Waals surface area contributed by atoms with Gasteiger partial charge in [-0.15, -0.1) is 0 Å². The van der Waals surface area contributed by atoms with Gasteiger partial charge in [-0.1, -0.05) is 24.4 Å². The van der Waals surface area contributed by atoms with Crippen LogP contribution < -0.4 is 10.0 Å². The Kier molecular flexibility index (Phi) is 6.69. The summed E-state index contributed by atoms with van der Waals surface area (Å²) in [6.07, 6.45) is 4.24.